The van der Waals surface area contributed by atoms with Crippen LogP contribution in [0.15, 0.2) is 60.7 Å². The predicted octanol–water partition coefficient (Wildman–Crippen LogP) is 3.87. The van der Waals surface area contributed by atoms with Gasteiger partial charge in [-0.3, -0.25) is 9.80 Å². The first-order valence-electron chi connectivity index (χ1n) is 6.88. The van der Waals surface area contributed by atoms with Crippen LogP contribution in [0.25, 0.3) is 0 Å². The van der Waals surface area contributed by atoms with Crippen molar-refractivity contribution in [1.82, 2.24) is 9.80 Å². The van der Waals surface area contributed by atoms with Crippen LogP contribution in [0.3, 0.4) is 0 Å². The summed E-state index contributed by atoms with van der Waals surface area (Å²) in [5.74, 6) is 0. The van der Waals surface area contributed by atoms with Crippen LogP contribution in [0.5, 0.6) is 0 Å². The summed E-state index contributed by atoms with van der Waals surface area (Å²) in [6, 6.07) is 21.7. The molecule has 104 valence electrons. The molecule has 1 fully saturated rings. The lowest BCUT2D eigenvalue weighted by Gasteiger charge is -2.26. The minimum atomic E-state index is -0.0922. The van der Waals surface area contributed by atoms with Crippen molar-refractivity contribution in [3.8, 4) is 0 Å². The van der Waals surface area contributed by atoms with Crippen LogP contribution in [-0.2, 0) is 0 Å². The number of nitrogens with zero attached hydrogens (tertiary/aromatic N) is 2. The Bertz CT molecular complexity index is 506. The van der Waals surface area contributed by atoms with Crippen molar-refractivity contribution >= 4 is 11.6 Å². The molecule has 0 aliphatic carbocycles. The molecular formula is C17H19ClN2. The molecule has 0 radical (unpaired) electrons. The number of hydrogen-bond acceptors (Lipinski definition) is 2. The molecule has 2 aromatic rings. The molecular weight excluding hydrogens is 268 g/mol. The van der Waals surface area contributed by atoms with Crippen LogP contribution in [0.4, 0.5) is 0 Å². The molecule has 3 rings (SSSR count). The van der Waals surface area contributed by atoms with Crippen molar-refractivity contribution in [2.45, 2.75) is 17.7 Å². The molecule has 0 spiro atoms. The second-order valence-corrected chi connectivity index (χ2v) is 5.74. The standard InChI is InChI=1S/C17H19ClN2/c1-19-15(13-9-5-3-6-10-13)16(20(2)17(19)18)14-11-7-4-8-12-14/h3-12,15-17H,1-2H3/t15-,16-/m1/s1. The van der Waals surface area contributed by atoms with Gasteiger partial charge in [0.2, 0.25) is 0 Å². The van der Waals surface area contributed by atoms with E-state index in [1.807, 2.05) is 0 Å². The van der Waals surface area contributed by atoms with Gasteiger partial charge in [0.05, 0.1) is 12.1 Å². The molecule has 0 N–H and O–H groups in total. The first-order valence-corrected chi connectivity index (χ1v) is 7.31. The van der Waals surface area contributed by atoms with Gasteiger partial charge in [0.1, 0.15) is 5.62 Å². The largest absolute Gasteiger partial charge is 0.269 e. The molecule has 1 heterocycles. The fraction of sp³-hybridized carbons (Fsp3) is 0.294. The third-order valence-corrected chi connectivity index (χ3v) is 4.75. The van der Waals surface area contributed by atoms with E-state index in [-0.39, 0.29) is 17.7 Å². The summed E-state index contributed by atoms with van der Waals surface area (Å²) in [4.78, 5) is 4.46. The first-order chi connectivity index (χ1) is 9.70. The van der Waals surface area contributed by atoms with Gasteiger partial charge in [-0.15, -0.1) is 0 Å². The molecule has 20 heavy (non-hydrogen) atoms. The van der Waals surface area contributed by atoms with Crippen LogP contribution in [0.1, 0.15) is 23.2 Å². The van der Waals surface area contributed by atoms with Gasteiger partial charge in [-0.25, -0.2) is 0 Å². The number of hydrogen-bond donors (Lipinski definition) is 0. The lowest BCUT2D eigenvalue weighted by Crippen LogP contribution is -2.29. The molecule has 0 aromatic heterocycles. The number of rotatable bonds is 2. The maximum absolute atomic E-state index is 6.55. The summed E-state index contributed by atoms with van der Waals surface area (Å²) < 4.78 is 0. The molecule has 0 amide bonds. The summed E-state index contributed by atoms with van der Waals surface area (Å²) in [6.45, 7) is 0. The molecule has 1 aliphatic rings. The normalized spacial score (nSPS) is 25.1. The van der Waals surface area contributed by atoms with Crippen LogP contribution in [0.2, 0.25) is 0 Å². The highest BCUT2D eigenvalue weighted by molar-refractivity contribution is 6.20. The fourth-order valence-corrected chi connectivity index (χ4v) is 3.38. The molecule has 3 heteroatoms. The molecule has 2 nitrogen and oxygen atoms in total. The maximum Gasteiger partial charge on any atom is 0.140 e. The van der Waals surface area contributed by atoms with Crippen LogP contribution >= 0.6 is 11.6 Å². The Hall–Kier alpha value is -1.35. The van der Waals surface area contributed by atoms with Crippen molar-refractivity contribution in [3.05, 3.63) is 71.8 Å². The van der Waals surface area contributed by atoms with Gasteiger partial charge in [0, 0.05) is 0 Å². The third-order valence-electron chi connectivity index (χ3n) is 4.13. The summed E-state index contributed by atoms with van der Waals surface area (Å²) in [5.41, 5.74) is 2.52. The van der Waals surface area contributed by atoms with Crippen LogP contribution in [-0.4, -0.2) is 29.5 Å². The van der Waals surface area contributed by atoms with E-state index in [4.69, 9.17) is 11.6 Å². The second kappa shape index (κ2) is 5.57. The van der Waals surface area contributed by atoms with Crippen LogP contribution in [0, 0.1) is 0 Å². The predicted molar refractivity (Wildman–Crippen MR) is 83.5 cm³/mol. The zero-order chi connectivity index (χ0) is 14.1. The highest BCUT2D eigenvalue weighted by Crippen LogP contribution is 2.45. The summed E-state index contributed by atoms with van der Waals surface area (Å²) in [5, 5.41) is 0. The van der Waals surface area contributed by atoms with E-state index >= 15 is 0 Å². The van der Waals surface area contributed by atoms with Gasteiger partial charge in [0.25, 0.3) is 0 Å². The first kappa shape index (κ1) is 13.6. The lowest BCUT2D eigenvalue weighted by atomic mass is 9.93. The average Bonchev–Trinajstić information content (AvgIpc) is 2.73. The zero-order valence-electron chi connectivity index (χ0n) is 11.8. The molecule has 0 bridgehead atoms. The van der Waals surface area contributed by atoms with E-state index in [1.165, 1.54) is 11.1 Å². The Balaban J connectivity index is 2.05. The van der Waals surface area contributed by atoms with E-state index < -0.39 is 0 Å². The number of likely N-dealkylation sites (N-methyl/N-ethyl adjacent to an activating group) is 2. The summed E-state index contributed by atoms with van der Waals surface area (Å²) in [6.07, 6.45) is 0. The van der Waals surface area contributed by atoms with Gasteiger partial charge >= 0.3 is 0 Å². The van der Waals surface area contributed by atoms with Crippen molar-refractivity contribution in [2.24, 2.45) is 0 Å². The maximum atomic E-state index is 6.55. The third kappa shape index (κ3) is 2.24. The van der Waals surface area contributed by atoms with E-state index in [0.717, 1.165) is 0 Å². The average molecular weight is 287 g/mol. The summed E-state index contributed by atoms with van der Waals surface area (Å²) in [7, 11) is 4.18. The van der Waals surface area contributed by atoms with Gasteiger partial charge in [0.15, 0.2) is 0 Å². The highest BCUT2D eigenvalue weighted by atomic mass is 35.5. The molecule has 0 saturated carbocycles. The number of halogens is 1. The molecule has 2 aromatic carbocycles. The Labute approximate surface area is 125 Å². The molecule has 1 saturated heterocycles. The molecule has 2 atom stereocenters. The van der Waals surface area contributed by atoms with Gasteiger partial charge < -0.3 is 0 Å². The lowest BCUT2D eigenvalue weighted by molar-refractivity contribution is 0.242. The topological polar surface area (TPSA) is 6.48 Å². The van der Waals surface area contributed by atoms with Gasteiger partial charge in [-0.05, 0) is 25.2 Å². The SMILES string of the molecule is CN1C(Cl)N(C)[C@H](c2ccccc2)[C@H]1c1ccccc1. The Morgan fingerprint density at radius 3 is 1.40 bits per heavy atom. The Morgan fingerprint density at radius 2 is 1.05 bits per heavy atom. The monoisotopic (exact) mass is 286 g/mol. The fourth-order valence-electron chi connectivity index (χ4n) is 3.13. The van der Waals surface area contributed by atoms with Crippen molar-refractivity contribution in [2.75, 3.05) is 14.1 Å². The molecule has 0 unspecified atom stereocenters. The number of alkyl halides is 1. The smallest absolute Gasteiger partial charge is 0.140 e. The molecule has 1 aliphatic heterocycles. The Kier molecular flexibility index (Phi) is 3.79. The highest BCUT2D eigenvalue weighted by Gasteiger charge is 2.43. The Morgan fingerprint density at radius 1 is 0.700 bits per heavy atom. The zero-order valence-corrected chi connectivity index (χ0v) is 12.5. The van der Waals surface area contributed by atoms with Gasteiger partial charge in [-0.1, -0.05) is 72.3 Å². The van der Waals surface area contributed by atoms with E-state index in [0.29, 0.717) is 0 Å². The van der Waals surface area contributed by atoms with E-state index in [2.05, 4.69) is 84.6 Å². The van der Waals surface area contributed by atoms with Crippen LogP contribution < -0.4 is 0 Å². The minimum Gasteiger partial charge on any atom is -0.269 e. The van der Waals surface area contributed by atoms with E-state index in [1.54, 1.807) is 0 Å². The second-order valence-electron chi connectivity index (χ2n) is 5.35. The number of benzene rings is 2. The minimum absolute atomic E-state index is 0.0922. The van der Waals surface area contributed by atoms with Crippen molar-refractivity contribution in [3.63, 3.8) is 0 Å². The quantitative estimate of drug-likeness (QED) is 0.611. The van der Waals surface area contributed by atoms with Gasteiger partial charge in [-0.2, -0.15) is 0 Å². The van der Waals surface area contributed by atoms with Crippen molar-refractivity contribution < 1.29 is 0 Å². The van der Waals surface area contributed by atoms with E-state index in [9.17, 15) is 0 Å². The summed E-state index contributed by atoms with van der Waals surface area (Å²) >= 11 is 6.55. The van der Waals surface area contributed by atoms with Crippen molar-refractivity contribution in [1.29, 1.82) is 0 Å².